The van der Waals surface area contributed by atoms with E-state index < -0.39 is 0 Å². The lowest BCUT2D eigenvalue weighted by molar-refractivity contribution is 0.00586. The number of hydrogen-bond donors (Lipinski definition) is 0. The van der Waals surface area contributed by atoms with Gasteiger partial charge >= 0.3 is 0 Å². The Labute approximate surface area is 89.0 Å². The Morgan fingerprint density at radius 1 is 1.47 bits per heavy atom. The van der Waals surface area contributed by atoms with Crippen molar-refractivity contribution < 1.29 is 13.9 Å². The summed E-state index contributed by atoms with van der Waals surface area (Å²) in [5, 5.41) is 0. The maximum Gasteiger partial charge on any atom is 0.165 e. The lowest BCUT2D eigenvalue weighted by Crippen LogP contribution is -2.28. The van der Waals surface area contributed by atoms with Gasteiger partial charge in [0.15, 0.2) is 11.6 Å². The second-order valence-corrected chi connectivity index (χ2v) is 3.89. The fourth-order valence-corrected chi connectivity index (χ4v) is 1.68. The highest BCUT2D eigenvalue weighted by Crippen LogP contribution is 2.22. The van der Waals surface area contributed by atoms with Crippen molar-refractivity contribution in [1.82, 2.24) is 0 Å². The molecule has 1 aliphatic heterocycles. The molecule has 1 unspecified atom stereocenters. The molecular formula is C12H15FO2. The lowest BCUT2D eigenvalue weighted by Gasteiger charge is -2.23. The van der Waals surface area contributed by atoms with Gasteiger partial charge in [-0.05, 0) is 37.5 Å². The first kappa shape index (κ1) is 10.4. The van der Waals surface area contributed by atoms with E-state index in [2.05, 4.69) is 0 Å². The first-order chi connectivity index (χ1) is 7.25. The lowest BCUT2D eigenvalue weighted by atomic mass is 10.1. The van der Waals surface area contributed by atoms with E-state index in [0.29, 0.717) is 12.4 Å². The second-order valence-electron chi connectivity index (χ2n) is 3.89. The van der Waals surface area contributed by atoms with Gasteiger partial charge in [0.05, 0.1) is 6.61 Å². The van der Waals surface area contributed by atoms with Crippen molar-refractivity contribution in [2.45, 2.75) is 25.9 Å². The molecule has 1 saturated heterocycles. The first-order valence-corrected chi connectivity index (χ1v) is 5.26. The molecule has 0 saturated carbocycles. The topological polar surface area (TPSA) is 18.5 Å². The van der Waals surface area contributed by atoms with Crippen LogP contribution in [0.25, 0.3) is 0 Å². The summed E-state index contributed by atoms with van der Waals surface area (Å²) in [6.45, 7) is 3.27. The Morgan fingerprint density at radius 3 is 3.07 bits per heavy atom. The highest BCUT2D eigenvalue weighted by atomic mass is 19.1. The quantitative estimate of drug-likeness (QED) is 0.747. The first-order valence-electron chi connectivity index (χ1n) is 5.26. The highest BCUT2D eigenvalue weighted by molar-refractivity contribution is 5.29. The van der Waals surface area contributed by atoms with Gasteiger partial charge in [0.2, 0.25) is 0 Å². The Morgan fingerprint density at radius 2 is 2.33 bits per heavy atom. The molecule has 1 aromatic carbocycles. The van der Waals surface area contributed by atoms with Gasteiger partial charge in [-0.15, -0.1) is 0 Å². The molecule has 1 atom stereocenters. The summed E-state index contributed by atoms with van der Waals surface area (Å²) >= 11 is 0. The van der Waals surface area contributed by atoms with E-state index in [9.17, 15) is 4.39 Å². The highest BCUT2D eigenvalue weighted by Gasteiger charge is 2.16. The smallest absolute Gasteiger partial charge is 0.165 e. The van der Waals surface area contributed by atoms with Crippen LogP contribution in [0, 0.1) is 12.7 Å². The fourth-order valence-electron chi connectivity index (χ4n) is 1.68. The van der Waals surface area contributed by atoms with Gasteiger partial charge in [-0.2, -0.15) is 0 Å². The zero-order valence-electron chi connectivity index (χ0n) is 8.83. The van der Waals surface area contributed by atoms with Crippen LogP contribution in [0.2, 0.25) is 0 Å². The van der Waals surface area contributed by atoms with E-state index in [1.165, 1.54) is 6.07 Å². The van der Waals surface area contributed by atoms with Gasteiger partial charge in [-0.25, -0.2) is 4.39 Å². The number of aryl methyl sites for hydroxylation is 1. The zero-order chi connectivity index (χ0) is 10.7. The van der Waals surface area contributed by atoms with Crippen molar-refractivity contribution >= 4 is 0 Å². The summed E-state index contributed by atoms with van der Waals surface area (Å²) in [7, 11) is 0. The van der Waals surface area contributed by atoms with E-state index in [1.54, 1.807) is 12.1 Å². The molecule has 0 bridgehead atoms. The Balaban J connectivity index is 2.05. The third kappa shape index (κ3) is 2.69. The summed E-state index contributed by atoms with van der Waals surface area (Å²) in [6.07, 6.45) is 1.92. The molecule has 0 aliphatic carbocycles. The third-order valence-electron chi connectivity index (χ3n) is 2.50. The summed E-state index contributed by atoms with van der Waals surface area (Å²) in [5.74, 6) is 0.0386. The van der Waals surface area contributed by atoms with Crippen molar-refractivity contribution in [2.75, 3.05) is 13.2 Å². The standard InChI is InChI=1S/C12H15FO2/c1-9-4-5-11(13)12(7-9)15-10-3-2-6-14-8-10/h4-5,7,10H,2-3,6,8H2,1H3. The maximum absolute atomic E-state index is 13.4. The van der Waals surface area contributed by atoms with Gasteiger partial charge in [0, 0.05) is 6.61 Å². The molecule has 0 amide bonds. The van der Waals surface area contributed by atoms with Gasteiger partial charge in [-0.1, -0.05) is 6.07 Å². The summed E-state index contributed by atoms with van der Waals surface area (Å²) in [5.41, 5.74) is 1.00. The predicted molar refractivity (Wildman–Crippen MR) is 55.6 cm³/mol. The van der Waals surface area contributed by atoms with Crippen LogP contribution in [0.15, 0.2) is 18.2 Å². The molecule has 1 heterocycles. The van der Waals surface area contributed by atoms with E-state index in [1.807, 2.05) is 6.92 Å². The van der Waals surface area contributed by atoms with Crippen molar-refractivity contribution in [2.24, 2.45) is 0 Å². The molecule has 1 aliphatic rings. The molecule has 2 nitrogen and oxygen atoms in total. The normalized spacial score (nSPS) is 21.3. The van der Waals surface area contributed by atoms with Crippen LogP contribution >= 0.6 is 0 Å². The summed E-state index contributed by atoms with van der Waals surface area (Å²) in [4.78, 5) is 0. The minimum atomic E-state index is -0.300. The monoisotopic (exact) mass is 210 g/mol. The Bertz CT molecular complexity index is 332. The average Bonchev–Trinajstić information content (AvgIpc) is 2.25. The largest absolute Gasteiger partial charge is 0.485 e. The van der Waals surface area contributed by atoms with Gasteiger partial charge in [0.1, 0.15) is 6.10 Å². The average molecular weight is 210 g/mol. The number of hydrogen-bond acceptors (Lipinski definition) is 2. The van der Waals surface area contributed by atoms with Crippen molar-refractivity contribution in [3.8, 4) is 5.75 Å². The summed E-state index contributed by atoms with van der Waals surface area (Å²) in [6, 6.07) is 4.90. The zero-order valence-corrected chi connectivity index (χ0v) is 8.83. The number of benzene rings is 1. The molecule has 0 radical (unpaired) electrons. The van der Waals surface area contributed by atoms with Crippen molar-refractivity contribution in [1.29, 1.82) is 0 Å². The van der Waals surface area contributed by atoms with Crippen LogP contribution in [-0.4, -0.2) is 19.3 Å². The predicted octanol–water partition coefficient (Wildman–Crippen LogP) is 2.69. The SMILES string of the molecule is Cc1ccc(F)c(OC2CCCOC2)c1. The molecule has 2 rings (SSSR count). The van der Waals surface area contributed by atoms with E-state index in [4.69, 9.17) is 9.47 Å². The molecule has 3 heteroatoms. The maximum atomic E-state index is 13.4. The molecule has 15 heavy (non-hydrogen) atoms. The van der Waals surface area contributed by atoms with Crippen LogP contribution in [0.3, 0.4) is 0 Å². The van der Waals surface area contributed by atoms with Gasteiger partial charge in [0.25, 0.3) is 0 Å². The molecular weight excluding hydrogens is 195 g/mol. The minimum absolute atomic E-state index is 0.00458. The van der Waals surface area contributed by atoms with Crippen LogP contribution < -0.4 is 4.74 Å². The van der Waals surface area contributed by atoms with E-state index >= 15 is 0 Å². The minimum Gasteiger partial charge on any atom is -0.485 e. The molecule has 1 fully saturated rings. The van der Waals surface area contributed by atoms with Gasteiger partial charge in [-0.3, -0.25) is 0 Å². The van der Waals surface area contributed by atoms with Crippen LogP contribution in [-0.2, 0) is 4.74 Å². The van der Waals surface area contributed by atoms with Crippen LogP contribution in [0.1, 0.15) is 18.4 Å². The molecule has 82 valence electrons. The Kier molecular flexibility index (Phi) is 3.21. The molecule has 0 N–H and O–H groups in total. The number of rotatable bonds is 2. The molecule has 0 spiro atoms. The number of halogens is 1. The molecule has 0 aromatic heterocycles. The molecule has 1 aromatic rings. The fraction of sp³-hybridized carbons (Fsp3) is 0.500. The Hall–Kier alpha value is -1.09. The van der Waals surface area contributed by atoms with Crippen molar-refractivity contribution in [3.05, 3.63) is 29.6 Å². The van der Waals surface area contributed by atoms with E-state index in [-0.39, 0.29) is 11.9 Å². The van der Waals surface area contributed by atoms with Crippen molar-refractivity contribution in [3.63, 3.8) is 0 Å². The second kappa shape index (κ2) is 4.62. The van der Waals surface area contributed by atoms with Crippen LogP contribution in [0.4, 0.5) is 4.39 Å². The third-order valence-corrected chi connectivity index (χ3v) is 2.50. The van der Waals surface area contributed by atoms with Gasteiger partial charge < -0.3 is 9.47 Å². The van der Waals surface area contributed by atoms with Crippen LogP contribution in [0.5, 0.6) is 5.75 Å². The number of ether oxygens (including phenoxy) is 2. The summed E-state index contributed by atoms with van der Waals surface area (Å²) < 4.78 is 24.2. The van der Waals surface area contributed by atoms with E-state index in [0.717, 1.165) is 25.0 Å².